The number of aliphatic carboxylic acids is 1. The van der Waals surface area contributed by atoms with Crippen molar-refractivity contribution in [1.82, 2.24) is 14.9 Å². The lowest BCUT2D eigenvalue weighted by atomic mass is 10.1. The Morgan fingerprint density at radius 3 is 1.67 bits per heavy atom. The van der Waals surface area contributed by atoms with Gasteiger partial charge in [0.15, 0.2) is 0 Å². The molecule has 2 aromatic heterocycles. The van der Waals surface area contributed by atoms with Gasteiger partial charge in [-0.15, -0.1) is 0 Å². The minimum absolute atomic E-state index is 0.0665. The first-order valence-corrected chi connectivity index (χ1v) is 8.79. The Balaban J connectivity index is 1.58. The molecule has 1 N–H and O–H groups in total. The number of nitrogens with zero attached hydrogens (tertiary/aromatic N) is 3. The molecule has 4 aromatic rings. The van der Waals surface area contributed by atoms with E-state index in [4.69, 9.17) is 0 Å². The van der Waals surface area contributed by atoms with Crippen molar-refractivity contribution in [2.45, 2.75) is 13.1 Å². The van der Waals surface area contributed by atoms with Gasteiger partial charge in [-0.2, -0.15) is 0 Å². The monoisotopic (exact) mass is 357 g/mol. The zero-order chi connectivity index (χ0) is 18.6. The molecule has 2 heterocycles. The smallest absolute Gasteiger partial charge is 0.317 e. The van der Waals surface area contributed by atoms with Crippen molar-refractivity contribution in [2.24, 2.45) is 0 Å². The van der Waals surface area contributed by atoms with Gasteiger partial charge >= 0.3 is 5.97 Å². The molecule has 5 heteroatoms. The second-order valence-electron chi connectivity index (χ2n) is 6.58. The molecule has 0 amide bonds. The van der Waals surface area contributed by atoms with E-state index in [9.17, 15) is 9.90 Å². The van der Waals surface area contributed by atoms with Crippen molar-refractivity contribution in [3.8, 4) is 0 Å². The van der Waals surface area contributed by atoms with Gasteiger partial charge in [0, 0.05) is 36.3 Å². The van der Waals surface area contributed by atoms with E-state index >= 15 is 0 Å². The molecule has 0 bridgehead atoms. The first-order chi connectivity index (χ1) is 13.2. The fourth-order valence-electron chi connectivity index (χ4n) is 3.25. The maximum atomic E-state index is 11.3. The third kappa shape index (κ3) is 4.10. The van der Waals surface area contributed by atoms with E-state index in [-0.39, 0.29) is 6.54 Å². The van der Waals surface area contributed by atoms with Crippen LogP contribution in [0.15, 0.2) is 73.1 Å². The molecule has 0 fully saturated rings. The van der Waals surface area contributed by atoms with Gasteiger partial charge in [0.1, 0.15) is 0 Å². The molecule has 0 spiro atoms. The predicted molar refractivity (Wildman–Crippen MR) is 105 cm³/mol. The van der Waals surface area contributed by atoms with E-state index in [2.05, 4.69) is 9.97 Å². The summed E-state index contributed by atoms with van der Waals surface area (Å²) < 4.78 is 0. The van der Waals surface area contributed by atoms with Crippen molar-refractivity contribution in [2.75, 3.05) is 6.54 Å². The van der Waals surface area contributed by atoms with Gasteiger partial charge in [0.2, 0.25) is 0 Å². The maximum Gasteiger partial charge on any atom is 0.317 e. The van der Waals surface area contributed by atoms with Crippen molar-refractivity contribution in [3.63, 3.8) is 0 Å². The molecule has 5 nitrogen and oxygen atoms in total. The molecule has 134 valence electrons. The van der Waals surface area contributed by atoms with E-state index in [0.717, 1.165) is 32.9 Å². The Bertz CT molecular complexity index is 1030. The maximum absolute atomic E-state index is 11.3. The summed E-state index contributed by atoms with van der Waals surface area (Å²) in [4.78, 5) is 22.2. The van der Waals surface area contributed by atoms with Gasteiger partial charge < -0.3 is 5.11 Å². The number of carbonyl (C=O) groups is 1. The fourth-order valence-corrected chi connectivity index (χ4v) is 3.25. The van der Waals surface area contributed by atoms with Crippen LogP contribution < -0.4 is 0 Å². The van der Waals surface area contributed by atoms with Crippen LogP contribution in [0.2, 0.25) is 0 Å². The average Bonchev–Trinajstić information content (AvgIpc) is 2.67. The van der Waals surface area contributed by atoms with Crippen molar-refractivity contribution < 1.29 is 9.90 Å². The molecule has 0 aliphatic rings. The molecule has 0 aliphatic heterocycles. The Kier molecular flexibility index (Phi) is 4.77. The van der Waals surface area contributed by atoms with E-state index < -0.39 is 5.97 Å². The Morgan fingerprint density at radius 2 is 1.22 bits per heavy atom. The van der Waals surface area contributed by atoms with Crippen LogP contribution in [-0.2, 0) is 17.9 Å². The number of rotatable bonds is 6. The molecule has 0 saturated heterocycles. The Morgan fingerprint density at radius 1 is 0.778 bits per heavy atom. The van der Waals surface area contributed by atoms with E-state index in [1.165, 1.54) is 0 Å². The van der Waals surface area contributed by atoms with E-state index in [1.807, 2.05) is 78.0 Å². The summed E-state index contributed by atoms with van der Waals surface area (Å²) in [6.07, 6.45) is 3.66. The van der Waals surface area contributed by atoms with Gasteiger partial charge in [0.25, 0.3) is 0 Å². The minimum Gasteiger partial charge on any atom is -0.480 e. The highest BCUT2D eigenvalue weighted by Gasteiger charge is 2.13. The highest BCUT2D eigenvalue weighted by molar-refractivity contribution is 5.82. The largest absolute Gasteiger partial charge is 0.480 e. The third-order valence-electron chi connectivity index (χ3n) is 4.51. The Labute approximate surface area is 156 Å². The zero-order valence-electron chi connectivity index (χ0n) is 14.7. The summed E-state index contributed by atoms with van der Waals surface area (Å²) in [6.45, 7) is 0.834. The topological polar surface area (TPSA) is 66.3 Å². The van der Waals surface area contributed by atoms with Crippen molar-refractivity contribution >= 4 is 27.5 Å². The first kappa shape index (κ1) is 17.1. The summed E-state index contributed by atoms with van der Waals surface area (Å²) in [7, 11) is 0. The van der Waals surface area contributed by atoms with Crippen molar-refractivity contribution in [3.05, 3.63) is 84.4 Å². The lowest BCUT2D eigenvalue weighted by Gasteiger charge is -2.20. The second kappa shape index (κ2) is 7.51. The van der Waals surface area contributed by atoms with Gasteiger partial charge in [-0.3, -0.25) is 19.7 Å². The van der Waals surface area contributed by atoms with Crippen molar-refractivity contribution in [1.29, 1.82) is 0 Å². The molecule has 0 atom stereocenters. The molecule has 27 heavy (non-hydrogen) atoms. The summed E-state index contributed by atoms with van der Waals surface area (Å²) in [5.74, 6) is -0.864. The number of benzene rings is 2. The second-order valence-corrected chi connectivity index (χ2v) is 6.58. The fraction of sp³-hybridized carbons (Fsp3) is 0.136. The lowest BCUT2D eigenvalue weighted by molar-refractivity contribution is -0.138. The van der Waals surface area contributed by atoms with Crippen LogP contribution in [0.25, 0.3) is 21.5 Å². The van der Waals surface area contributed by atoms with Gasteiger partial charge in [-0.1, -0.05) is 48.5 Å². The van der Waals surface area contributed by atoms with Gasteiger partial charge in [0.05, 0.1) is 17.9 Å². The normalized spacial score (nSPS) is 11.3. The molecule has 2 aromatic carbocycles. The van der Waals surface area contributed by atoms with Gasteiger partial charge in [-0.05, 0) is 22.9 Å². The molecule has 0 radical (unpaired) electrons. The molecule has 0 unspecified atom stereocenters. The van der Waals surface area contributed by atoms with Gasteiger partial charge in [-0.25, -0.2) is 0 Å². The zero-order valence-corrected chi connectivity index (χ0v) is 14.7. The van der Waals surface area contributed by atoms with Crippen LogP contribution in [0, 0.1) is 0 Å². The van der Waals surface area contributed by atoms with Crippen LogP contribution in [0.5, 0.6) is 0 Å². The van der Waals surface area contributed by atoms with Crippen LogP contribution in [-0.4, -0.2) is 32.5 Å². The number of carboxylic acids is 1. The summed E-state index contributed by atoms with van der Waals surface area (Å²) >= 11 is 0. The van der Waals surface area contributed by atoms with Crippen LogP contribution in [0.1, 0.15) is 11.4 Å². The molecular formula is C22H19N3O2. The van der Waals surface area contributed by atoms with Crippen LogP contribution in [0.3, 0.4) is 0 Å². The minimum atomic E-state index is -0.864. The Hall–Kier alpha value is -3.31. The SMILES string of the molecule is O=C(O)CN(Cc1cc2ccccc2cn1)Cc1cc2ccccc2cn1. The number of hydrogen-bond acceptors (Lipinski definition) is 4. The molecule has 0 aliphatic carbocycles. The van der Waals surface area contributed by atoms with Crippen LogP contribution in [0.4, 0.5) is 0 Å². The lowest BCUT2D eigenvalue weighted by Crippen LogP contribution is -2.29. The number of aromatic nitrogens is 2. The number of pyridine rings is 2. The summed E-state index contributed by atoms with van der Waals surface area (Å²) in [6, 6.07) is 20.0. The van der Waals surface area contributed by atoms with E-state index in [1.54, 1.807) is 0 Å². The quantitative estimate of drug-likeness (QED) is 0.567. The van der Waals surface area contributed by atoms with E-state index in [0.29, 0.717) is 13.1 Å². The first-order valence-electron chi connectivity index (χ1n) is 8.79. The predicted octanol–water partition coefficient (Wildman–Crippen LogP) is 3.87. The number of hydrogen-bond donors (Lipinski definition) is 1. The highest BCUT2D eigenvalue weighted by Crippen LogP contribution is 2.17. The number of fused-ring (bicyclic) bond motifs is 2. The molecule has 4 rings (SSSR count). The van der Waals surface area contributed by atoms with Crippen LogP contribution >= 0.6 is 0 Å². The third-order valence-corrected chi connectivity index (χ3v) is 4.51. The average molecular weight is 357 g/mol. The number of carboxylic acid groups (broad SMARTS) is 1. The highest BCUT2D eigenvalue weighted by atomic mass is 16.4. The standard InChI is InChI=1S/C22H19N3O2/c26-22(27)15-25(13-20-9-16-5-1-3-7-18(16)11-23-20)14-21-10-17-6-2-4-8-19(17)12-24-21/h1-12H,13-15H2,(H,26,27). The summed E-state index contributed by atoms with van der Waals surface area (Å²) in [5.41, 5.74) is 1.69. The molecule has 0 saturated carbocycles. The summed E-state index contributed by atoms with van der Waals surface area (Å²) in [5, 5.41) is 13.6. The molecular weight excluding hydrogens is 338 g/mol.